The van der Waals surface area contributed by atoms with Gasteiger partial charge in [0.05, 0.1) is 9.79 Å². The fourth-order valence-corrected chi connectivity index (χ4v) is 4.33. The zero-order chi connectivity index (χ0) is 16.9. The number of hydrogen-bond donors (Lipinski definition) is 2. The molecule has 0 amide bonds. The Bertz CT molecular complexity index is 710. The van der Waals surface area contributed by atoms with Crippen LogP contribution in [0.4, 0.5) is 0 Å². The van der Waals surface area contributed by atoms with Crippen LogP contribution in [0.15, 0.2) is 34.1 Å². The smallest absolute Gasteiger partial charge is 0.240 e. The third-order valence-corrected chi connectivity index (χ3v) is 6.42. The quantitative estimate of drug-likeness (QED) is 0.601. The Kier molecular flexibility index (Phi) is 6.15. The second-order valence-corrected chi connectivity index (χ2v) is 8.95. The summed E-state index contributed by atoms with van der Waals surface area (Å²) in [5.74, 6) is 0. The molecule has 1 aromatic carbocycles. The Morgan fingerprint density at radius 2 is 1.57 bits per heavy atom. The van der Waals surface area contributed by atoms with Crippen LogP contribution in [0, 0.1) is 0 Å². The number of rotatable bonds is 10. The van der Waals surface area contributed by atoms with Crippen molar-refractivity contribution in [3.63, 3.8) is 0 Å². The van der Waals surface area contributed by atoms with E-state index in [2.05, 4.69) is 9.44 Å². The lowest BCUT2D eigenvalue weighted by atomic mass is 10.3. The number of unbranched alkanes of at least 4 members (excludes halogenated alkanes) is 1. The predicted molar refractivity (Wildman–Crippen MR) is 86.1 cm³/mol. The van der Waals surface area contributed by atoms with Gasteiger partial charge in [0.1, 0.15) is 0 Å². The third kappa shape index (κ3) is 5.54. The van der Waals surface area contributed by atoms with Crippen molar-refractivity contribution in [1.29, 1.82) is 0 Å². The maximum absolute atomic E-state index is 12.1. The summed E-state index contributed by atoms with van der Waals surface area (Å²) in [6, 6.07) is 5.24. The molecule has 1 aliphatic rings. The van der Waals surface area contributed by atoms with E-state index in [-0.39, 0.29) is 15.8 Å². The van der Waals surface area contributed by atoms with Gasteiger partial charge >= 0.3 is 0 Å². The van der Waals surface area contributed by atoms with Crippen molar-refractivity contribution >= 4 is 20.0 Å². The average molecular weight is 362 g/mol. The van der Waals surface area contributed by atoms with Gasteiger partial charge in [0, 0.05) is 26.3 Å². The molecule has 9 heteroatoms. The first-order valence-electron chi connectivity index (χ1n) is 7.46. The molecular weight excluding hydrogens is 340 g/mol. The molecule has 0 aliphatic heterocycles. The van der Waals surface area contributed by atoms with Crippen LogP contribution in [0.2, 0.25) is 0 Å². The minimum absolute atomic E-state index is 0.0113. The Hall–Kier alpha value is -1.00. The van der Waals surface area contributed by atoms with Gasteiger partial charge in [0.15, 0.2) is 0 Å². The molecule has 2 N–H and O–H groups in total. The molecular formula is C14H22N2O5S2. The number of methoxy groups -OCH3 is 1. The van der Waals surface area contributed by atoms with Crippen LogP contribution in [0.5, 0.6) is 0 Å². The van der Waals surface area contributed by atoms with Crippen molar-refractivity contribution in [2.75, 3.05) is 20.3 Å². The SMILES string of the molecule is COCCCCNS(=O)(=O)c1ccc(S(=O)(=O)NC2CC2)cc1. The van der Waals surface area contributed by atoms with Crippen LogP contribution in [-0.2, 0) is 24.8 Å². The highest BCUT2D eigenvalue weighted by molar-refractivity contribution is 7.90. The topological polar surface area (TPSA) is 102 Å². The molecule has 0 bridgehead atoms. The Labute approximate surface area is 137 Å². The van der Waals surface area contributed by atoms with Gasteiger partial charge in [-0.25, -0.2) is 26.3 Å². The van der Waals surface area contributed by atoms with Gasteiger partial charge in [-0.3, -0.25) is 0 Å². The zero-order valence-corrected chi connectivity index (χ0v) is 14.6. The minimum Gasteiger partial charge on any atom is -0.385 e. The van der Waals surface area contributed by atoms with E-state index >= 15 is 0 Å². The number of sulfonamides is 2. The van der Waals surface area contributed by atoms with Gasteiger partial charge in [-0.15, -0.1) is 0 Å². The summed E-state index contributed by atoms with van der Waals surface area (Å²) < 4.78 is 58.2. The van der Waals surface area contributed by atoms with Gasteiger partial charge in [0.2, 0.25) is 20.0 Å². The van der Waals surface area contributed by atoms with Crippen LogP contribution in [0.3, 0.4) is 0 Å². The van der Waals surface area contributed by atoms with Crippen molar-refractivity contribution in [1.82, 2.24) is 9.44 Å². The van der Waals surface area contributed by atoms with E-state index in [9.17, 15) is 16.8 Å². The van der Waals surface area contributed by atoms with Crippen molar-refractivity contribution in [3.05, 3.63) is 24.3 Å². The standard InChI is InChI=1S/C14H22N2O5S2/c1-21-11-3-2-10-15-22(17,18)13-6-8-14(9-7-13)23(19,20)16-12-4-5-12/h6-9,12,15-16H,2-5,10-11H2,1H3. The first-order chi connectivity index (χ1) is 10.8. The van der Waals surface area contributed by atoms with Gasteiger partial charge < -0.3 is 4.74 Å². The first kappa shape index (κ1) is 18.3. The molecule has 0 radical (unpaired) electrons. The lowest BCUT2D eigenvalue weighted by molar-refractivity contribution is 0.193. The number of ether oxygens (including phenoxy) is 1. The zero-order valence-electron chi connectivity index (χ0n) is 13.0. The molecule has 0 unspecified atom stereocenters. The van der Waals surface area contributed by atoms with Crippen LogP contribution in [0.1, 0.15) is 25.7 Å². The molecule has 0 saturated heterocycles. The summed E-state index contributed by atoms with van der Waals surface area (Å²) in [7, 11) is -5.60. The fraction of sp³-hybridized carbons (Fsp3) is 0.571. The summed E-state index contributed by atoms with van der Waals surface area (Å²) in [5.41, 5.74) is 0. The van der Waals surface area contributed by atoms with Gasteiger partial charge in [0.25, 0.3) is 0 Å². The lowest BCUT2D eigenvalue weighted by Crippen LogP contribution is -2.26. The van der Waals surface area contributed by atoms with E-state index in [0.29, 0.717) is 19.6 Å². The fourth-order valence-electron chi connectivity index (χ4n) is 1.95. The summed E-state index contributed by atoms with van der Waals surface area (Å²) in [4.78, 5) is 0.123. The second-order valence-electron chi connectivity index (χ2n) is 5.46. The maximum Gasteiger partial charge on any atom is 0.240 e. The molecule has 0 aromatic heterocycles. The molecule has 0 spiro atoms. The molecule has 1 aliphatic carbocycles. The second kappa shape index (κ2) is 7.71. The molecule has 7 nitrogen and oxygen atoms in total. The summed E-state index contributed by atoms with van der Waals surface area (Å²) in [6.45, 7) is 0.900. The molecule has 1 aromatic rings. The van der Waals surface area contributed by atoms with Crippen LogP contribution >= 0.6 is 0 Å². The van der Waals surface area contributed by atoms with Gasteiger partial charge in [-0.1, -0.05) is 0 Å². The maximum atomic E-state index is 12.1. The van der Waals surface area contributed by atoms with Crippen molar-refractivity contribution in [3.8, 4) is 0 Å². The normalized spacial score (nSPS) is 15.7. The van der Waals surface area contributed by atoms with Gasteiger partial charge in [-0.05, 0) is 49.9 Å². The van der Waals surface area contributed by atoms with Crippen LogP contribution < -0.4 is 9.44 Å². The van der Waals surface area contributed by atoms with E-state index in [4.69, 9.17) is 4.74 Å². The van der Waals surface area contributed by atoms with E-state index in [0.717, 1.165) is 19.3 Å². The molecule has 1 saturated carbocycles. The summed E-state index contributed by atoms with van der Waals surface area (Å²) >= 11 is 0. The van der Waals surface area contributed by atoms with E-state index in [1.165, 1.54) is 24.3 Å². The largest absolute Gasteiger partial charge is 0.385 e. The Morgan fingerprint density at radius 3 is 2.09 bits per heavy atom. The Morgan fingerprint density at radius 1 is 1.00 bits per heavy atom. The molecule has 0 heterocycles. The molecule has 23 heavy (non-hydrogen) atoms. The minimum atomic E-state index is -3.63. The molecule has 0 atom stereocenters. The monoisotopic (exact) mass is 362 g/mol. The van der Waals surface area contributed by atoms with E-state index in [1.807, 2.05) is 0 Å². The highest BCUT2D eigenvalue weighted by Crippen LogP contribution is 2.22. The predicted octanol–water partition coefficient (Wildman–Crippen LogP) is 0.832. The molecule has 1 fully saturated rings. The van der Waals surface area contributed by atoms with Crippen LogP contribution in [0.25, 0.3) is 0 Å². The third-order valence-electron chi connectivity index (χ3n) is 3.41. The van der Waals surface area contributed by atoms with Crippen LogP contribution in [-0.4, -0.2) is 43.1 Å². The summed E-state index contributed by atoms with van der Waals surface area (Å²) in [6.07, 6.45) is 3.13. The van der Waals surface area contributed by atoms with E-state index < -0.39 is 20.0 Å². The first-order valence-corrected chi connectivity index (χ1v) is 10.4. The number of nitrogens with one attached hydrogen (secondary N) is 2. The van der Waals surface area contributed by atoms with Crippen molar-refractivity contribution < 1.29 is 21.6 Å². The van der Waals surface area contributed by atoms with Crippen molar-refractivity contribution in [2.45, 2.75) is 41.5 Å². The molecule has 2 rings (SSSR count). The Balaban J connectivity index is 1.97. The van der Waals surface area contributed by atoms with E-state index in [1.54, 1.807) is 7.11 Å². The average Bonchev–Trinajstić information content (AvgIpc) is 3.30. The number of benzene rings is 1. The highest BCUT2D eigenvalue weighted by atomic mass is 32.2. The number of hydrogen-bond acceptors (Lipinski definition) is 5. The highest BCUT2D eigenvalue weighted by Gasteiger charge is 2.28. The van der Waals surface area contributed by atoms with Gasteiger partial charge in [-0.2, -0.15) is 0 Å². The summed E-state index contributed by atoms with van der Waals surface area (Å²) in [5, 5.41) is 0. The lowest BCUT2D eigenvalue weighted by Gasteiger charge is -2.08. The molecule has 130 valence electrons. The van der Waals surface area contributed by atoms with Crippen molar-refractivity contribution in [2.24, 2.45) is 0 Å².